The van der Waals surface area contributed by atoms with Gasteiger partial charge in [0.1, 0.15) is 0 Å². The Hall–Kier alpha value is -1.06. The summed E-state index contributed by atoms with van der Waals surface area (Å²) in [6.45, 7) is 5.67. The third-order valence-corrected chi connectivity index (χ3v) is 3.89. The van der Waals surface area contributed by atoms with Crippen LogP contribution < -0.4 is 0 Å². The molecule has 0 saturated carbocycles. The van der Waals surface area contributed by atoms with E-state index in [-0.39, 0.29) is 5.12 Å². The molecule has 1 rings (SSSR count). The van der Waals surface area contributed by atoms with Crippen molar-refractivity contribution in [2.75, 3.05) is 12.4 Å². The minimum atomic E-state index is 0.257. The molecule has 1 aromatic carbocycles. The first kappa shape index (κ1) is 18.0. The lowest BCUT2D eigenvalue weighted by Gasteiger charge is -2.07. The van der Waals surface area contributed by atoms with E-state index in [9.17, 15) is 4.79 Å². The van der Waals surface area contributed by atoms with Crippen LogP contribution in [0.5, 0.6) is 0 Å². The van der Waals surface area contributed by atoms with Gasteiger partial charge in [-0.2, -0.15) is 0 Å². The van der Waals surface area contributed by atoms with Crippen molar-refractivity contribution in [3.63, 3.8) is 0 Å². The van der Waals surface area contributed by atoms with Crippen LogP contribution in [0.3, 0.4) is 0 Å². The van der Waals surface area contributed by atoms with Gasteiger partial charge in [-0.3, -0.25) is 4.79 Å². The zero-order valence-electron chi connectivity index (χ0n) is 13.1. The number of thioether (sulfide) groups is 1. The van der Waals surface area contributed by atoms with E-state index in [1.54, 1.807) is 0 Å². The van der Waals surface area contributed by atoms with E-state index in [2.05, 4.69) is 25.1 Å². The molecule has 0 saturated heterocycles. The van der Waals surface area contributed by atoms with Crippen molar-refractivity contribution < 1.29 is 9.53 Å². The Balaban J connectivity index is 2.04. The molecule has 2 nitrogen and oxygen atoms in total. The second-order valence-electron chi connectivity index (χ2n) is 5.09. The number of carbonyl (C=O) groups excluding carboxylic acids is 1. The summed E-state index contributed by atoms with van der Waals surface area (Å²) in [4.78, 5) is 11.4. The smallest absolute Gasteiger partial charge is 0.192 e. The third-order valence-electron chi connectivity index (χ3n) is 3.11. The monoisotopic (exact) mass is 306 g/mol. The van der Waals surface area contributed by atoms with Crippen molar-refractivity contribution in [3.8, 4) is 0 Å². The Morgan fingerprint density at radius 2 is 2.10 bits per heavy atom. The Labute approximate surface area is 133 Å². The van der Waals surface area contributed by atoms with Gasteiger partial charge in [-0.05, 0) is 30.1 Å². The number of benzene rings is 1. The summed E-state index contributed by atoms with van der Waals surface area (Å²) in [5, 5.41) is 0.257. The van der Waals surface area contributed by atoms with Crippen LogP contribution in [0.2, 0.25) is 0 Å². The summed E-state index contributed by atoms with van der Waals surface area (Å²) in [6.07, 6.45) is 6.84. The number of hydrogen-bond acceptors (Lipinski definition) is 3. The molecule has 3 heteroatoms. The molecule has 0 radical (unpaired) electrons. The second kappa shape index (κ2) is 11.6. The summed E-state index contributed by atoms with van der Waals surface area (Å²) in [7, 11) is 0. The van der Waals surface area contributed by atoms with E-state index in [0.29, 0.717) is 18.9 Å². The van der Waals surface area contributed by atoms with Crippen LogP contribution in [-0.4, -0.2) is 17.5 Å². The molecule has 0 fully saturated rings. The Morgan fingerprint density at radius 1 is 1.33 bits per heavy atom. The first-order valence-electron chi connectivity index (χ1n) is 7.66. The molecule has 0 N–H and O–H groups in total. The number of carbonyl (C=O) groups is 1. The summed E-state index contributed by atoms with van der Waals surface area (Å²) < 4.78 is 5.66. The van der Waals surface area contributed by atoms with Crippen LogP contribution in [0.1, 0.15) is 38.7 Å². The summed E-state index contributed by atoms with van der Waals surface area (Å²) >= 11 is 1.40. The summed E-state index contributed by atoms with van der Waals surface area (Å²) in [5.74, 6) is 1.37. The fourth-order valence-electron chi connectivity index (χ4n) is 1.98. The molecular formula is C18H26O2S. The minimum absolute atomic E-state index is 0.257. The van der Waals surface area contributed by atoms with E-state index in [1.165, 1.54) is 17.3 Å². The molecule has 0 spiro atoms. The molecule has 0 aromatic heterocycles. The lowest BCUT2D eigenvalue weighted by Crippen LogP contribution is -1.98. The van der Waals surface area contributed by atoms with Crippen molar-refractivity contribution in [1.82, 2.24) is 0 Å². The normalized spacial score (nSPS) is 12.7. The van der Waals surface area contributed by atoms with Crippen molar-refractivity contribution >= 4 is 16.9 Å². The Kier molecular flexibility index (Phi) is 9.92. The first-order chi connectivity index (χ1) is 10.2. The molecule has 116 valence electrons. The highest BCUT2D eigenvalue weighted by Crippen LogP contribution is 2.10. The van der Waals surface area contributed by atoms with Crippen LogP contribution in [0.15, 0.2) is 42.5 Å². The number of rotatable bonds is 10. The van der Waals surface area contributed by atoms with E-state index in [4.69, 9.17) is 4.74 Å². The van der Waals surface area contributed by atoms with E-state index < -0.39 is 0 Å². The quantitative estimate of drug-likeness (QED) is 0.457. The van der Waals surface area contributed by atoms with Crippen LogP contribution in [0, 0.1) is 5.92 Å². The van der Waals surface area contributed by atoms with E-state index in [0.717, 1.165) is 25.2 Å². The molecule has 1 atom stereocenters. The van der Waals surface area contributed by atoms with Crippen LogP contribution in [0.25, 0.3) is 0 Å². The maximum absolute atomic E-state index is 11.4. The van der Waals surface area contributed by atoms with E-state index in [1.807, 2.05) is 31.2 Å². The van der Waals surface area contributed by atoms with Crippen LogP contribution >= 0.6 is 11.8 Å². The predicted molar refractivity (Wildman–Crippen MR) is 91.4 cm³/mol. The van der Waals surface area contributed by atoms with Gasteiger partial charge in [-0.1, -0.05) is 68.1 Å². The van der Waals surface area contributed by atoms with Gasteiger partial charge >= 0.3 is 0 Å². The molecule has 0 aliphatic heterocycles. The molecule has 0 amide bonds. The fraction of sp³-hybridized carbons (Fsp3) is 0.500. The highest BCUT2D eigenvalue weighted by molar-refractivity contribution is 8.13. The molecule has 0 bridgehead atoms. The summed E-state index contributed by atoms with van der Waals surface area (Å²) in [5.41, 5.74) is 1.22. The van der Waals surface area contributed by atoms with Gasteiger partial charge < -0.3 is 4.74 Å². The van der Waals surface area contributed by atoms with Crippen molar-refractivity contribution in [2.45, 2.75) is 39.7 Å². The SMILES string of the molecule is CCSC(=O)C/C=C/[C@@H](C)CCCOCc1ccccc1. The average Bonchev–Trinajstić information content (AvgIpc) is 2.48. The molecule has 21 heavy (non-hydrogen) atoms. The largest absolute Gasteiger partial charge is 0.377 e. The van der Waals surface area contributed by atoms with Crippen molar-refractivity contribution in [3.05, 3.63) is 48.0 Å². The molecule has 0 aliphatic carbocycles. The number of ether oxygens (including phenoxy) is 1. The van der Waals surface area contributed by atoms with Gasteiger partial charge in [0.15, 0.2) is 5.12 Å². The molecule has 0 aliphatic rings. The zero-order valence-corrected chi connectivity index (χ0v) is 13.9. The predicted octanol–water partition coefficient (Wildman–Crippen LogP) is 4.85. The summed E-state index contributed by atoms with van der Waals surface area (Å²) in [6, 6.07) is 10.2. The number of hydrogen-bond donors (Lipinski definition) is 0. The Bertz CT molecular complexity index is 414. The standard InChI is InChI=1S/C18H26O2S/c1-3-21-18(19)13-7-9-16(2)10-8-14-20-15-17-11-5-4-6-12-17/h4-7,9,11-12,16H,3,8,10,13-15H2,1-2H3/b9-7+/t16-/m1/s1. The maximum atomic E-state index is 11.4. The first-order valence-corrected chi connectivity index (χ1v) is 8.65. The third kappa shape index (κ3) is 9.48. The van der Waals surface area contributed by atoms with Gasteiger partial charge in [0.2, 0.25) is 0 Å². The van der Waals surface area contributed by atoms with Gasteiger partial charge in [-0.15, -0.1) is 0 Å². The second-order valence-corrected chi connectivity index (χ2v) is 6.42. The Morgan fingerprint density at radius 3 is 2.81 bits per heavy atom. The van der Waals surface area contributed by atoms with Crippen LogP contribution in [-0.2, 0) is 16.1 Å². The molecule has 0 heterocycles. The highest BCUT2D eigenvalue weighted by Gasteiger charge is 2.00. The number of allylic oxidation sites excluding steroid dienone is 2. The topological polar surface area (TPSA) is 26.3 Å². The lowest BCUT2D eigenvalue weighted by atomic mass is 10.1. The van der Waals surface area contributed by atoms with Gasteiger partial charge in [0.05, 0.1) is 6.61 Å². The van der Waals surface area contributed by atoms with Gasteiger partial charge in [0.25, 0.3) is 0 Å². The average molecular weight is 306 g/mol. The van der Waals surface area contributed by atoms with Crippen molar-refractivity contribution in [2.24, 2.45) is 5.92 Å². The molecular weight excluding hydrogens is 280 g/mol. The fourth-order valence-corrected chi connectivity index (χ4v) is 2.52. The van der Waals surface area contributed by atoms with Crippen LogP contribution in [0.4, 0.5) is 0 Å². The van der Waals surface area contributed by atoms with Gasteiger partial charge in [-0.25, -0.2) is 0 Å². The lowest BCUT2D eigenvalue weighted by molar-refractivity contribution is -0.110. The highest BCUT2D eigenvalue weighted by atomic mass is 32.2. The van der Waals surface area contributed by atoms with Gasteiger partial charge in [0, 0.05) is 13.0 Å². The van der Waals surface area contributed by atoms with E-state index >= 15 is 0 Å². The van der Waals surface area contributed by atoms with Crippen molar-refractivity contribution in [1.29, 1.82) is 0 Å². The molecule has 1 aromatic rings. The minimum Gasteiger partial charge on any atom is -0.377 e. The zero-order chi connectivity index (χ0) is 15.3. The maximum Gasteiger partial charge on any atom is 0.192 e. The molecule has 0 unspecified atom stereocenters.